The van der Waals surface area contributed by atoms with Crippen molar-refractivity contribution in [2.75, 3.05) is 38.2 Å². The highest BCUT2D eigenvalue weighted by Crippen LogP contribution is 2.56. The topological polar surface area (TPSA) is 82.0 Å². The molecule has 1 aromatic rings. The molecule has 2 aliphatic heterocycles. The van der Waals surface area contributed by atoms with Crippen LogP contribution in [-0.2, 0) is 9.53 Å². The minimum atomic E-state index is -2.85. The van der Waals surface area contributed by atoms with Gasteiger partial charge in [-0.25, -0.2) is 0 Å². The number of rotatable bonds is 3. The highest BCUT2D eigenvalue weighted by molar-refractivity contribution is 8.27. The first-order valence-corrected chi connectivity index (χ1v) is 8.36. The van der Waals surface area contributed by atoms with E-state index in [2.05, 4.69) is 5.32 Å². The van der Waals surface area contributed by atoms with E-state index in [-0.39, 0.29) is 5.91 Å². The third-order valence-corrected chi connectivity index (χ3v) is 5.05. The van der Waals surface area contributed by atoms with Gasteiger partial charge in [-0.1, -0.05) is 6.07 Å². The molecule has 2 aliphatic rings. The van der Waals surface area contributed by atoms with Crippen LogP contribution in [0.25, 0.3) is 6.08 Å². The SMILES string of the molecule is O=C(CN1CCOCC1)Nc1ccc2c(c1)S(O)(O)C=C2. The number of amides is 1. The van der Waals surface area contributed by atoms with Crippen molar-refractivity contribution >= 4 is 28.3 Å². The van der Waals surface area contributed by atoms with Gasteiger partial charge in [-0.2, -0.15) is 0 Å². The smallest absolute Gasteiger partial charge is 0.238 e. The van der Waals surface area contributed by atoms with Gasteiger partial charge in [0.05, 0.1) is 24.7 Å². The van der Waals surface area contributed by atoms with Gasteiger partial charge in [0.25, 0.3) is 0 Å². The molecule has 0 atom stereocenters. The van der Waals surface area contributed by atoms with E-state index in [9.17, 15) is 13.9 Å². The van der Waals surface area contributed by atoms with Crippen molar-refractivity contribution in [3.8, 4) is 0 Å². The molecule has 0 saturated carbocycles. The van der Waals surface area contributed by atoms with Crippen molar-refractivity contribution in [3.63, 3.8) is 0 Å². The van der Waals surface area contributed by atoms with Gasteiger partial charge >= 0.3 is 0 Å². The zero-order chi connectivity index (χ0) is 14.9. The molecule has 1 fully saturated rings. The van der Waals surface area contributed by atoms with E-state index in [0.29, 0.717) is 30.3 Å². The number of anilines is 1. The molecule has 6 nitrogen and oxygen atoms in total. The number of carbonyl (C=O) groups excluding carboxylic acids is 1. The van der Waals surface area contributed by atoms with E-state index in [1.54, 1.807) is 24.3 Å². The molecular weight excluding hydrogens is 292 g/mol. The summed E-state index contributed by atoms with van der Waals surface area (Å²) in [7, 11) is -2.85. The van der Waals surface area contributed by atoms with Crippen molar-refractivity contribution in [1.82, 2.24) is 4.90 Å². The molecule has 0 unspecified atom stereocenters. The Balaban J connectivity index is 1.64. The fourth-order valence-corrected chi connectivity index (χ4v) is 3.68. The zero-order valence-corrected chi connectivity index (χ0v) is 12.3. The lowest BCUT2D eigenvalue weighted by Crippen LogP contribution is -2.41. The summed E-state index contributed by atoms with van der Waals surface area (Å²) < 4.78 is 25.0. The van der Waals surface area contributed by atoms with Gasteiger partial charge in [-0.15, -0.1) is 10.6 Å². The van der Waals surface area contributed by atoms with Crippen LogP contribution in [0.5, 0.6) is 0 Å². The molecule has 0 bridgehead atoms. The predicted octanol–water partition coefficient (Wildman–Crippen LogP) is 2.05. The Morgan fingerprint density at radius 2 is 2.10 bits per heavy atom. The van der Waals surface area contributed by atoms with Crippen molar-refractivity contribution in [2.24, 2.45) is 0 Å². The van der Waals surface area contributed by atoms with Crippen LogP contribution in [0.1, 0.15) is 5.56 Å². The van der Waals surface area contributed by atoms with Crippen LogP contribution >= 0.6 is 10.6 Å². The van der Waals surface area contributed by atoms with Crippen LogP contribution in [-0.4, -0.2) is 52.8 Å². The minimum Gasteiger partial charge on any atom is -0.379 e. The number of nitrogens with zero attached hydrogens (tertiary/aromatic N) is 1. The second-order valence-electron chi connectivity index (χ2n) is 5.08. The lowest BCUT2D eigenvalue weighted by Gasteiger charge is -2.27. The van der Waals surface area contributed by atoms with Gasteiger partial charge in [0.2, 0.25) is 5.91 Å². The number of hydrogen-bond donors (Lipinski definition) is 3. The van der Waals surface area contributed by atoms with Crippen LogP contribution in [0.2, 0.25) is 0 Å². The molecular formula is C14H18N2O4S. The van der Waals surface area contributed by atoms with Crippen LogP contribution in [0.3, 0.4) is 0 Å². The Labute approximate surface area is 124 Å². The summed E-state index contributed by atoms with van der Waals surface area (Å²) in [6.45, 7) is 3.12. The van der Waals surface area contributed by atoms with Crippen molar-refractivity contribution in [3.05, 3.63) is 29.2 Å². The molecule has 1 saturated heterocycles. The zero-order valence-electron chi connectivity index (χ0n) is 11.5. The Morgan fingerprint density at radius 1 is 1.33 bits per heavy atom. The van der Waals surface area contributed by atoms with Gasteiger partial charge in [0.15, 0.2) is 0 Å². The van der Waals surface area contributed by atoms with E-state index in [1.807, 2.05) is 4.90 Å². The normalized spacial score (nSPS) is 21.8. The lowest BCUT2D eigenvalue weighted by molar-refractivity contribution is -0.118. The fraction of sp³-hybridized carbons (Fsp3) is 0.357. The maximum atomic E-state index is 12.0. The first-order chi connectivity index (χ1) is 10.0. The molecule has 114 valence electrons. The van der Waals surface area contributed by atoms with Crippen molar-refractivity contribution in [2.45, 2.75) is 4.90 Å². The first-order valence-electron chi connectivity index (χ1n) is 6.75. The molecule has 0 aliphatic carbocycles. The van der Waals surface area contributed by atoms with Crippen LogP contribution < -0.4 is 5.32 Å². The van der Waals surface area contributed by atoms with Gasteiger partial charge < -0.3 is 10.1 Å². The van der Waals surface area contributed by atoms with Gasteiger partial charge in [0, 0.05) is 24.2 Å². The van der Waals surface area contributed by atoms with E-state index >= 15 is 0 Å². The summed E-state index contributed by atoms with van der Waals surface area (Å²) in [4.78, 5) is 14.5. The average molecular weight is 310 g/mol. The maximum Gasteiger partial charge on any atom is 0.238 e. The molecule has 1 aromatic carbocycles. The Kier molecular flexibility index (Phi) is 4.01. The molecule has 3 rings (SSSR count). The number of carbonyl (C=O) groups is 1. The maximum absolute atomic E-state index is 12.0. The molecule has 0 radical (unpaired) electrons. The Morgan fingerprint density at radius 3 is 2.86 bits per heavy atom. The third kappa shape index (κ3) is 3.28. The molecule has 7 heteroatoms. The first kappa shape index (κ1) is 14.6. The van der Waals surface area contributed by atoms with E-state index in [1.165, 1.54) is 5.41 Å². The Bertz CT molecular complexity index is 582. The van der Waals surface area contributed by atoms with Crippen molar-refractivity contribution < 1.29 is 18.6 Å². The summed E-state index contributed by atoms with van der Waals surface area (Å²) in [6, 6.07) is 5.17. The van der Waals surface area contributed by atoms with E-state index < -0.39 is 10.6 Å². The van der Waals surface area contributed by atoms with Crippen LogP contribution in [0.4, 0.5) is 5.69 Å². The number of nitrogens with one attached hydrogen (secondary N) is 1. The monoisotopic (exact) mass is 310 g/mol. The lowest BCUT2D eigenvalue weighted by atomic mass is 10.2. The minimum absolute atomic E-state index is 0.112. The Hall–Kier alpha value is -1.38. The number of ether oxygens (including phenoxy) is 1. The average Bonchev–Trinajstić information content (AvgIpc) is 2.75. The molecule has 1 amide bonds. The number of fused-ring (bicyclic) bond motifs is 1. The number of hydrogen-bond acceptors (Lipinski definition) is 5. The summed E-state index contributed by atoms with van der Waals surface area (Å²) in [5.74, 6) is -0.112. The van der Waals surface area contributed by atoms with Gasteiger partial charge in [-0.05, 0) is 23.8 Å². The molecule has 0 aromatic heterocycles. The standard InChI is InChI=1S/C14H18N2O4S/c17-14(10-16-4-6-20-7-5-16)15-12-2-1-11-3-8-21(18,19)13(11)9-12/h1-3,8-9,18-19H,4-7,10H2,(H,15,17). The molecule has 2 heterocycles. The third-order valence-electron chi connectivity index (χ3n) is 3.53. The summed E-state index contributed by atoms with van der Waals surface area (Å²) in [5, 5.41) is 4.20. The van der Waals surface area contributed by atoms with Crippen LogP contribution in [0.15, 0.2) is 28.5 Å². The fourth-order valence-electron chi connectivity index (χ4n) is 2.41. The largest absolute Gasteiger partial charge is 0.379 e. The summed E-state index contributed by atoms with van der Waals surface area (Å²) in [5.41, 5.74) is 1.36. The number of morpholine rings is 1. The van der Waals surface area contributed by atoms with E-state index in [0.717, 1.165) is 18.7 Å². The summed E-state index contributed by atoms with van der Waals surface area (Å²) >= 11 is 0. The van der Waals surface area contributed by atoms with Crippen LogP contribution in [0, 0.1) is 0 Å². The number of benzene rings is 1. The highest BCUT2D eigenvalue weighted by Gasteiger charge is 2.22. The molecule has 0 spiro atoms. The molecule has 21 heavy (non-hydrogen) atoms. The van der Waals surface area contributed by atoms with Gasteiger partial charge in [0.1, 0.15) is 0 Å². The van der Waals surface area contributed by atoms with Crippen molar-refractivity contribution in [1.29, 1.82) is 0 Å². The second kappa shape index (κ2) is 5.78. The summed E-state index contributed by atoms with van der Waals surface area (Å²) in [6.07, 6.45) is 1.68. The van der Waals surface area contributed by atoms with E-state index in [4.69, 9.17) is 4.74 Å². The predicted molar refractivity (Wildman–Crippen MR) is 82.5 cm³/mol. The quantitative estimate of drug-likeness (QED) is 0.796. The highest BCUT2D eigenvalue weighted by atomic mass is 32.3. The molecule has 3 N–H and O–H groups in total. The second-order valence-corrected chi connectivity index (χ2v) is 6.98. The van der Waals surface area contributed by atoms with Gasteiger partial charge in [-0.3, -0.25) is 18.8 Å².